The van der Waals surface area contributed by atoms with Crippen LogP contribution in [0.4, 0.5) is 5.69 Å². The summed E-state index contributed by atoms with van der Waals surface area (Å²) < 4.78 is 0. The highest BCUT2D eigenvalue weighted by Crippen LogP contribution is 2.40. The van der Waals surface area contributed by atoms with E-state index in [4.69, 9.17) is 0 Å². The van der Waals surface area contributed by atoms with E-state index in [1.807, 2.05) is 41.3 Å². The average Bonchev–Trinajstić information content (AvgIpc) is 3.27. The molecule has 1 fully saturated rings. The predicted molar refractivity (Wildman–Crippen MR) is 97.5 cm³/mol. The summed E-state index contributed by atoms with van der Waals surface area (Å²) in [6.45, 7) is 2.88. The lowest BCUT2D eigenvalue weighted by Crippen LogP contribution is -2.47. The number of amides is 2. The standard InChI is InChI=1S/C21H22N2O2/c1-15(24)22-13-7-12-20(22)21(25)23-14-18(16-8-3-2-4-9-16)17-10-5-6-11-19(17)23/h2-6,8-11,18,20H,7,12-14H2,1H3/t18?,20-/m0/s1. The zero-order valence-corrected chi connectivity index (χ0v) is 14.4. The van der Waals surface area contributed by atoms with Crippen LogP contribution in [0.2, 0.25) is 0 Å². The van der Waals surface area contributed by atoms with Gasteiger partial charge in [-0.3, -0.25) is 9.59 Å². The summed E-state index contributed by atoms with van der Waals surface area (Å²) in [5.74, 6) is 0.232. The molecule has 0 N–H and O–H groups in total. The highest BCUT2D eigenvalue weighted by molar-refractivity contribution is 6.01. The molecule has 4 heteroatoms. The molecule has 2 aliphatic heterocycles. The van der Waals surface area contributed by atoms with Crippen LogP contribution in [-0.2, 0) is 9.59 Å². The van der Waals surface area contributed by atoms with Crippen molar-refractivity contribution in [2.24, 2.45) is 0 Å². The van der Waals surface area contributed by atoms with Crippen LogP contribution in [0.3, 0.4) is 0 Å². The third-order valence-corrected chi connectivity index (χ3v) is 5.38. The molecule has 0 saturated carbocycles. The van der Waals surface area contributed by atoms with Crippen molar-refractivity contribution in [3.05, 3.63) is 65.7 Å². The largest absolute Gasteiger partial charge is 0.331 e. The van der Waals surface area contributed by atoms with Crippen LogP contribution in [0.5, 0.6) is 0 Å². The number of hydrogen-bond donors (Lipinski definition) is 0. The molecule has 2 aromatic rings. The van der Waals surface area contributed by atoms with Gasteiger partial charge in [0.2, 0.25) is 11.8 Å². The zero-order valence-electron chi connectivity index (χ0n) is 14.4. The SMILES string of the molecule is CC(=O)N1CCC[C@H]1C(=O)N1CC(c2ccccc2)c2ccccc21. The molecule has 0 aliphatic carbocycles. The van der Waals surface area contributed by atoms with Gasteiger partial charge in [-0.25, -0.2) is 0 Å². The highest BCUT2D eigenvalue weighted by atomic mass is 16.2. The molecule has 1 unspecified atom stereocenters. The van der Waals surface area contributed by atoms with Crippen LogP contribution in [0.1, 0.15) is 36.8 Å². The van der Waals surface area contributed by atoms with Crippen LogP contribution in [0.15, 0.2) is 54.6 Å². The molecule has 1 saturated heterocycles. The summed E-state index contributed by atoms with van der Waals surface area (Å²) >= 11 is 0. The zero-order chi connectivity index (χ0) is 17.4. The van der Waals surface area contributed by atoms with Gasteiger partial charge in [0.15, 0.2) is 0 Å². The first-order chi connectivity index (χ1) is 12.2. The second-order valence-electron chi connectivity index (χ2n) is 6.84. The van der Waals surface area contributed by atoms with Crippen molar-refractivity contribution in [1.29, 1.82) is 0 Å². The second-order valence-corrected chi connectivity index (χ2v) is 6.84. The molecular formula is C21H22N2O2. The van der Waals surface area contributed by atoms with Crippen LogP contribution >= 0.6 is 0 Å². The van der Waals surface area contributed by atoms with E-state index in [-0.39, 0.29) is 23.8 Å². The minimum atomic E-state index is -0.319. The lowest BCUT2D eigenvalue weighted by atomic mass is 9.93. The van der Waals surface area contributed by atoms with Crippen molar-refractivity contribution >= 4 is 17.5 Å². The number of carbonyl (C=O) groups excluding carboxylic acids is 2. The van der Waals surface area contributed by atoms with Gasteiger partial charge in [0, 0.05) is 31.6 Å². The molecule has 0 spiro atoms. The Morgan fingerprint density at radius 1 is 1.00 bits per heavy atom. The molecule has 0 bridgehead atoms. The lowest BCUT2D eigenvalue weighted by Gasteiger charge is -2.27. The Bertz CT molecular complexity index is 803. The van der Waals surface area contributed by atoms with Crippen molar-refractivity contribution in [2.75, 3.05) is 18.0 Å². The second kappa shape index (κ2) is 6.36. The van der Waals surface area contributed by atoms with Gasteiger partial charge in [0.05, 0.1) is 0 Å². The molecule has 2 atom stereocenters. The molecule has 25 heavy (non-hydrogen) atoms. The molecule has 0 radical (unpaired) electrons. The Labute approximate surface area is 148 Å². The fourth-order valence-corrected chi connectivity index (χ4v) is 4.17. The average molecular weight is 334 g/mol. The molecule has 2 aromatic carbocycles. The number of likely N-dealkylation sites (tertiary alicyclic amines) is 1. The number of carbonyl (C=O) groups is 2. The van der Waals surface area contributed by atoms with Crippen LogP contribution in [0.25, 0.3) is 0 Å². The smallest absolute Gasteiger partial charge is 0.249 e. The molecule has 0 aromatic heterocycles. The third-order valence-electron chi connectivity index (χ3n) is 5.38. The monoisotopic (exact) mass is 334 g/mol. The van der Waals surface area contributed by atoms with Crippen molar-refractivity contribution in [2.45, 2.75) is 31.7 Å². The van der Waals surface area contributed by atoms with Crippen molar-refractivity contribution < 1.29 is 9.59 Å². The summed E-state index contributed by atoms with van der Waals surface area (Å²) in [7, 11) is 0. The normalized spacial score (nSPS) is 22.1. The maximum Gasteiger partial charge on any atom is 0.249 e. The summed E-state index contributed by atoms with van der Waals surface area (Å²) in [5, 5.41) is 0. The lowest BCUT2D eigenvalue weighted by molar-refractivity contribution is -0.135. The van der Waals surface area contributed by atoms with Gasteiger partial charge >= 0.3 is 0 Å². The van der Waals surface area contributed by atoms with E-state index in [9.17, 15) is 9.59 Å². The van der Waals surface area contributed by atoms with E-state index >= 15 is 0 Å². The van der Waals surface area contributed by atoms with Crippen LogP contribution in [0, 0.1) is 0 Å². The van der Waals surface area contributed by atoms with Crippen molar-refractivity contribution in [3.8, 4) is 0 Å². The molecule has 4 rings (SSSR count). The molecule has 2 heterocycles. The molecule has 2 aliphatic rings. The molecule has 2 amide bonds. The molecule has 4 nitrogen and oxygen atoms in total. The van der Waals surface area contributed by atoms with Gasteiger partial charge in [0.25, 0.3) is 0 Å². The maximum atomic E-state index is 13.2. The van der Waals surface area contributed by atoms with Crippen molar-refractivity contribution in [3.63, 3.8) is 0 Å². The first kappa shape index (κ1) is 15.9. The number of rotatable bonds is 2. The minimum Gasteiger partial charge on any atom is -0.331 e. The Morgan fingerprint density at radius 2 is 1.72 bits per heavy atom. The quantitative estimate of drug-likeness (QED) is 0.846. The Hall–Kier alpha value is -2.62. The van der Waals surface area contributed by atoms with Gasteiger partial charge in [-0.1, -0.05) is 48.5 Å². The Kier molecular flexibility index (Phi) is 4.04. The van der Waals surface area contributed by atoms with Crippen LogP contribution in [-0.4, -0.2) is 35.8 Å². The molecule has 128 valence electrons. The number of nitrogens with zero attached hydrogens (tertiary/aromatic N) is 2. The van der Waals surface area contributed by atoms with Crippen LogP contribution < -0.4 is 4.90 Å². The first-order valence-electron chi connectivity index (χ1n) is 8.89. The van der Waals surface area contributed by atoms with E-state index in [0.717, 1.165) is 18.5 Å². The first-order valence-corrected chi connectivity index (χ1v) is 8.89. The number of hydrogen-bond acceptors (Lipinski definition) is 2. The van der Waals surface area contributed by atoms with Gasteiger partial charge in [-0.05, 0) is 30.0 Å². The van der Waals surface area contributed by atoms with Gasteiger partial charge < -0.3 is 9.80 Å². The summed E-state index contributed by atoms with van der Waals surface area (Å²) in [6, 6.07) is 18.1. The third kappa shape index (κ3) is 2.72. The van der Waals surface area contributed by atoms with E-state index in [2.05, 4.69) is 18.2 Å². The number of anilines is 1. The Morgan fingerprint density at radius 3 is 2.48 bits per heavy atom. The van der Waals surface area contributed by atoms with E-state index < -0.39 is 0 Å². The highest BCUT2D eigenvalue weighted by Gasteiger charge is 2.40. The van der Waals surface area contributed by atoms with E-state index in [1.165, 1.54) is 11.1 Å². The van der Waals surface area contributed by atoms with Crippen molar-refractivity contribution in [1.82, 2.24) is 4.90 Å². The fourth-order valence-electron chi connectivity index (χ4n) is 4.17. The summed E-state index contributed by atoms with van der Waals surface area (Å²) in [6.07, 6.45) is 1.65. The maximum absolute atomic E-state index is 13.2. The minimum absolute atomic E-state index is 0.0112. The topological polar surface area (TPSA) is 40.6 Å². The summed E-state index contributed by atoms with van der Waals surface area (Å²) in [4.78, 5) is 28.7. The fraction of sp³-hybridized carbons (Fsp3) is 0.333. The van der Waals surface area contributed by atoms with Gasteiger partial charge in [-0.15, -0.1) is 0 Å². The summed E-state index contributed by atoms with van der Waals surface area (Å²) in [5.41, 5.74) is 3.39. The Balaban J connectivity index is 1.67. The van der Waals surface area contributed by atoms with Gasteiger partial charge in [-0.2, -0.15) is 0 Å². The number of benzene rings is 2. The van der Waals surface area contributed by atoms with E-state index in [1.54, 1.807) is 11.8 Å². The predicted octanol–water partition coefficient (Wildman–Crippen LogP) is 3.18. The van der Waals surface area contributed by atoms with Gasteiger partial charge in [0.1, 0.15) is 6.04 Å². The van der Waals surface area contributed by atoms with E-state index in [0.29, 0.717) is 13.1 Å². The number of para-hydroxylation sites is 1. The number of fused-ring (bicyclic) bond motifs is 1. The molecular weight excluding hydrogens is 312 g/mol.